The van der Waals surface area contributed by atoms with Gasteiger partial charge in [-0.25, -0.2) is 33.7 Å². The number of benzene rings is 1. The van der Waals surface area contributed by atoms with E-state index in [1.165, 1.54) is 12.1 Å². The number of pyridine rings is 1. The molecule has 0 N–H and O–H groups in total. The van der Waals surface area contributed by atoms with Crippen molar-refractivity contribution in [2.24, 2.45) is 0 Å². The first-order valence-corrected chi connectivity index (χ1v) is 11.0. The van der Waals surface area contributed by atoms with Gasteiger partial charge in [-0.3, -0.25) is 0 Å². The van der Waals surface area contributed by atoms with Gasteiger partial charge in [0.15, 0.2) is 5.65 Å². The van der Waals surface area contributed by atoms with Crippen LogP contribution in [0.25, 0.3) is 22.4 Å². The van der Waals surface area contributed by atoms with Crippen molar-refractivity contribution in [2.75, 3.05) is 13.7 Å². The molecule has 0 radical (unpaired) electrons. The molecule has 4 aromatic rings. The van der Waals surface area contributed by atoms with Gasteiger partial charge in [-0.05, 0) is 51.0 Å². The van der Waals surface area contributed by atoms with E-state index in [0.717, 1.165) is 17.3 Å². The fourth-order valence-electron chi connectivity index (χ4n) is 4.25. The van der Waals surface area contributed by atoms with Crippen LogP contribution in [0.15, 0.2) is 36.5 Å². The van der Waals surface area contributed by atoms with Crippen LogP contribution in [0.5, 0.6) is 5.88 Å². The van der Waals surface area contributed by atoms with Gasteiger partial charge in [-0.2, -0.15) is 0 Å². The summed E-state index contributed by atoms with van der Waals surface area (Å²) in [5.74, 6) is -0.399. The second-order valence-corrected chi connectivity index (χ2v) is 8.30. The molecule has 5 rings (SSSR count). The quantitative estimate of drug-likeness (QED) is 0.420. The predicted molar refractivity (Wildman–Crippen MR) is 121 cm³/mol. The molecule has 1 aliphatic heterocycles. The normalized spacial score (nSPS) is 18.3. The van der Waals surface area contributed by atoms with E-state index < -0.39 is 11.6 Å². The van der Waals surface area contributed by atoms with Gasteiger partial charge in [-0.15, -0.1) is 0 Å². The number of methoxy groups -OCH3 is 1. The molecule has 4 heterocycles. The highest BCUT2D eigenvalue weighted by Crippen LogP contribution is 2.40. The van der Waals surface area contributed by atoms with Gasteiger partial charge in [0.1, 0.15) is 28.7 Å². The number of nitrogens with zero attached hydrogens (tertiary/aromatic N) is 5. The van der Waals surface area contributed by atoms with Crippen molar-refractivity contribution < 1.29 is 18.3 Å². The fourth-order valence-corrected chi connectivity index (χ4v) is 4.25. The van der Waals surface area contributed by atoms with Crippen LogP contribution in [-0.4, -0.2) is 38.6 Å². The zero-order valence-electron chi connectivity index (χ0n) is 19.0. The van der Waals surface area contributed by atoms with E-state index in [1.807, 2.05) is 26.0 Å². The lowest BCUT2D eigenvalue weighted by Crippen LogP contribution is -2.21. The second-order valence-electron chi connectivity index (χ2n) is 8.30. The summed E-state index contributed by atoms with van der Waals surface area (Å²) in [5, 5.41) is 0. The van der Waals surface area contributed by atoms with Crippen LogP contribution in [0.4, 0.5) is 8.78 Å². The highest BCUT2D eigenvalue weighted by atomic mass is 19.1. The number of rotatable bonds is 4. The number of hydrogen-bond acceptors (Lipinski definition) is 7. The predicted octanol–water partition coefficient (Wildman–Crippen LogP) is 5.02. The monoisotopic (exact) mass is 463 g/mol. The Morgan fingerprint density at radius 2 is 1.85 bits per heavy atom. The van der Waals surface area contributed by atoms with Crippen LogP contribution >= 0.6 is 0 Å². The van der Waals surface area contributed by atoms with Crippen LogP contribution in [0.3, 0.4) is 0 Å². The van der Waals surface area contributed by atoms with E-state index in [4.69, 9.17) is 19.4 Å². The molecule has 7 nitrogen and oxygen atoms in total. The largest absolute Gasteiger partial charge is 0.481 e. The number of ether oxygens (including phenoxy) is 2. The van der Waals surface area contributed by atoms with Crippen LogP contribution < -0.4 is 4.74 Å². The van der Waals surface area contributed by atoms with Gasteiger partial charge >= 0.3 is 0 Å². The Bertz CT molecular complexity index is 1380. The maximum atomic E-state index is 14.8. The zero-order valence-corrected chi connectivity index (χ0v) is 19.0. The summed E-state index contributed by atoms with van der Waals surface area (Å²) in [7, 11) is 1.57. The molecule has 0 bridgehead atoms. The van der Waals surface area contributed by atoms with Gasteiger partial charge < -0.3 is 9.47 Å². The molecule has 174 valence electrons. The highest BCUT2D eigenvalue weighted by Gasteiger charge is 2.30. The summed E-state index contributed by atoms with van der Waals surface area (Å²) >= 11 is 0. The van der Waals surface area contributed by atoms with E-state index in [2.05, 4.69) is 15.0 Å². The van der Waals surface area contributed by atoms with Crippen molar-refractivity contribution in [1.29, 1.82) is 0 Å². The molecule has 0 amide bonds. The minimum Gasteiger partial charge on any atom is -0.481 e. The summed E-state index contributed by atoms with van der Waals surface area (Å²) < 4.78 is 39.8. The Morgan fingerprint density at radius 3 is 2.65 bits per heavy atom. The van der Waals surface area contributed by atoms with Gasteiger partial charge in [0.25, 0.3) is 0 Å². The van der Waals surface area contributed by atoms with Crippen LogP contribution in [0.2, 0.25) is 0 Å². The molecule has 0 aliphatic carbocycles. The van der Waals surface area contributed by atoms with Crippen molar-refractivity contribution in [3.63, 3.8) is 0 Å². The molecule has 1 fully saturated rings. The molecule has 1 saturated heterocycles. The summed E-state index contributed by atoms with van der Waals surface area (Å²) in [6.07, 6.45) is 2.70. The molecule has 1 aromatic carbocycles. The molecule has 3 aromatic heterocycles. The van der Waals surface area contributed by atoms with Crippen LogP contribution in [0.1, 0.15) is 47.6 Å². The summed E-state index contributed by atoms with van der Waals surface area (Å²) in [5.41, 5.74) is 3.51. The van der Waals surface area contributed by atoms with Crippen molar-refractivity contribution in [1.82, 2.24) is 24.9 Å². The lowest BCUT2D eigenvalue weighted by atomic mass is 9.91. The fraction of sp³-hybridized carbons (Fsp3) is 0.320. The van der Waals surface area contributed by atoms with Crippen molar-refractivity contribution in [3.05, 3.63) is 70.9 Å². The molecule has 0 spiro atoms. The summed E-state index contributed by atoms with van der Waals surface area (Å²) in [6.45, 7) is 4.17. The average molecular weight is 463 g/mol. The first kappa shape index (κ1) is 22.2. The number of aromatic nitrogens is 5. The third-order valence-electron chi connectivity index (χ3n) is 6.14. The van der Waals surface area contributed by atoms with Gasteiger partial charge in [0.05, 0.1) is 24.6 Å². The molecule has 1 aliphatic rings. The molecule has 9 heteroatoms. The molecular weight excluding hydrogens is 440 g/mol. The lowest BCUT2D eigenvalue weighted by Gasteiger charge is -2.29. The first-order chi connectivity index (χ1) is 16.4. The first-order valence-electron chi connectivity index (χ1n) is 11.0. The second kappa shape index (κ2) is 8.98. The summed E-state index contributed by atoms with van der Waals surface area (Å²) in [6, 6.07) is 7.20. The van der Waals surface area contributed by atoms with Crippen LogP contribution in [0, 0.1) is 25.5 Å². The summed E-state index contributed by atoms with van der Waals surface area (Å²) in [4.78, 5) is 22.9. The Morgan fingerprint density at radius 1 is 1.03 bits per heavy atom. The number of hydrogen-bond donors (Lipinski definition) is 0. The Hall–Kier alpha value is -3.59. The Kier molecular flexibility index (Phi) is 5.87. The number of aryl methyl sites for hydroxylation is 2. The standard InChI is InChI=1S/C25H23F2N5O2/c1-13-14(2)30-24-22(29-13)21(17-7-6-16(26)12-19(17)27)31-23(32-24)15-8-10-34-20(11-15)18-5-4-9-28-25(18)33-3/h4-7,9,12,15,20H,8,10-11H2,1-3H3/t15-,20+/m0/s1. The molecule has 34 heavy (non-hydrogen) atoms. The molecule has 0 unspecified atom stereocenters. The van der Waals surface area contributed by atoms with Gasteiger partial charge in [-0.1, -0.05) is 0 Å². The minimum absolute atomic E-state index is 0.0706. The molecular formula is C25H23F2N5O2. The maximum Gasteiger partial charge on any atom is 0.218 e. The number of halogens is 2. The van der Waals surface area contributed by atoms with E-state index in [1.54, 1.807) is 13.3 Å². The van der Waals surface area contributed by atoms with E-state index in [0.29, 0.717) is 53.7 Å². The van der Waals surface area contributed by atoms with Crippen LogP contribution in [-0.2, 0) is 4.74 Å². The maximum absolute atomic E-state index is 14.8. The Balaban J connectivity index is 1.61. The van der Waals surface area contributed by atoms with E-state index >= 15 is 0 Å². The third-order valence-corrected chi connectivity index (χ3v) is 6.14. The molecule has 0 saturated carbocycles. The topological polar surface area (TPSA) is 82.9 Å². The lowest BCUT2D eigenvalue weighted by molar-refractivity contribution is 0.00243. The molecule has 2 atom stereocenters. The smallest absolute Gasteiger partial charge is 0.218 e. The van der Waals surface area contributed by atoms with E-state index in [-0.39, 0.29) is 17.6 Å². The average Bonchev–Trinajstić information content (AvgIpc) is 2.84. The van der Waals surface area contributed by atoms with Gasteiger partial charge in [0.2, 0.25) is 5.88 Å². The van der Waals surface area contributed by atoms with Crippen molar-refractivity contribution in [2.45, 2.75) is 38.7 Å². The van der Waals surface area contributed by atoms with Gasteiger partial charge in [0, 0.05) is 35.9 Å². The SMILES string of the molecule is COc1ncccc1[C@H]1C[C@@H](c2nc(-c3ccc(F)cc3F)c3nc(C)c(C)nc3n2)CCO1. The van der Waals surface area contributed by atoms with E-state index in [9.17, 15) is 8.78 Å². The zero-order chi connectivity index (χ0) is 23.8. The Labute approximate surface area is 195 Å². The third kappa shape index (κ3) is 4.07. The highest BCUT2D eigenvalue weighted by molar-refractivity contribution is 5.87. The minimum atomic E-state index is -0.712. The van der Waals surface area contributed by atoms with Crippen molar-refractivity contribution in [3.8, 4) is 17.1 Å². The van der Waals surface area contributed by atoms with Crippen molar-refractivity contribution >= 4 is 11.2 Å². The number of fused-ring (bicyclic) bond motifs is 1.